The fourth-order valence-electron chi connectivity index (χ4n) is 6.64. The number of amides is 2. The first kappa shape index (κ1) is 29.0. The van der Waals surface area contributed by atoms with E-state index in [9.17, 15) is 39.6 Å². The van der Waals surface area contributed by atoms with Crippen molar-refractivity contribution in [3.05, 3.63) is 75.8 Å². The number of phenols is 1. The molecule has 0 spiro atoms. The maximum atomic E-state index is 13.9. The quantitative estimate of drug-likeness (QED) is 0.236. The van der Waals surface area contributed by atoms with E-state index in [-0.39, 0.29) is 42.2 Å². The number of aromatic hydroxyl groups is 1. The van der Waals surface area contributed by atoms with Crippen LogP contribution in [0.25, 0.3) is 11.1 Å². The van der Waals surface area contributed by atoms with E-state index >= 15 is 0 Å². The number of hydrogen-bond donors (Lipinski definition) is 7. The van der Waals surface area contributed by atoms with Crippen LogP contribution in [0, 0.1) is 11.8 Å². The number of phenolic OH excluding ortho intramolecular Hbond substituents is 1. The highest BCUT2D eigenvalue weighted by Gasteiger charge is 2.63. The lowest BCUT2D eigenvalue weighted by Crippen LogP contribution is -2.63. The first-order chi connectivity index (χ1) is 19.8. The zero-order chi connectivity index (χ0) is 30.7. The Labute approximate surface area is 240 Å². The van der Waals surface area contributed by atoms with Gasteiger partial charge >= 0.3 is 0 Å². The molecule has 0 aromatic heterocycles. The number of likely N-dealkylation sites (N-methyl/N-ethyl adjacent to an activating group) is 1. The predicted octanol–water partition coefficient (Wildman–Crippen LogP) is 0.476. The van der Waals surface area contributed by atoms with Crippen LogP contribution in [0.5, 0.6) is 5.75 Å². The van der Waals surface area contributed by atoms with Gasteiger partial charge in [0.15, 0.2) is 11.4 Å². The standard InChI is InChI=1S/C30H32N4O8/c1-34(2)23-18-12-15-11-17-16(13-4-3-5-14(10-13)29(41)33-9-8-31)6-7-19(35)21(17)24(36)20(15)26(38)30(18,42)27(39)22(25(23)37)28(32)40/h3-7,10,15,18,23,35,37-38,42H,8-9,11-12,31H2,1-2H3,(H2,32,40)(H,33,41)/t15-,18-,23-,30-/m0/s1. The number of nitrogens with zero attached hydrogens (tertiary/aromatic N) is 1. The number of primary amides is 1. The lowest BCUT2D eigenvalue weighted by Gasteiger charge is -2.50. The van der Waals surface area contributed by atoms with E-state index in [0.29, 0.717) is 28.8 Å². The van der Waals surface area contributed by atoms with Gasteiger partial charge in [-0.3, -0.25) is 24.1 Å². The molecule has 2 amide bonds. The number of allylic oxidation sites excluding steroid dienone is 1. The molecule has 0 bridgehead atoms. The van der Waals surface area contributed by atoms with E-state index in [1.54, 1.807) is 44.4 Å². The van der Waals surface area contributed by atoms with Gasteiger partial charge in [0, 0.05) is 30.1 Å². The van der Waals surface area contributed by atoms with E-state index in [1.165, 1.54) is 11.0 Å². The van der Waals surface area contributed by atoms with Crippen LogP contribution < -0.4 is 16.8 Å². The Morgan fingerprint density at radius 2 is 1.83 bits per heavy atom. The number of hydrogen-bond acceptors (Lipinski definition) is 10. The smallest absolute Gasteiger partial charge is 0.255 e. The first-order valence-corrected chi connectivity index (χ1v) is 13.4. The highest BCUT2D eigenvalue weighted by molar-refractivity contribution is 6.25. The Balaban J connectivity index is 1.66. The van der Waals surface area contributed by atoms with Crippen molar-refractivity contribution in [3.8, 4) is 16.9 Å². The van der Waals surface area contributed by atoms with Crippen molar-refractivity contribution < 1.29 is 39.6 Å². The highest BCUT2D eigenvalue weighted by atomic mass is 16.3. The maximum Gasteiger partial charge on any atom is 0.255 e. The lowest BCUT2D eigenvalue weighted by atomic mass is 9.58. The normalized spacial score (nSPS) is 25.2. The Hall–Kier alpha value is -4.52. The average molecular weight is 577 g/mol. The molecule has 220 valence electrons. The lowest BCUT2D eigenvalue weighted by molar-refractivity contribution is -0.148. The summed E-state index contributed by atoms with van der Waals surface area (Å²) in [5.41, 5.74) is 8.96. The number of fused-ring (bicyclic) bond motifs is 3. The number of carbonyl (C=O) groups excluding carboxylic acids is 4. The minimum Gasteiger partial charge on any atom is -0.510 e. The molecular weight excluding hydrogens is 544 g/mol. The SMILES string of the molecule is CN(C)[C@@H]1C(O)=C(C(N)=O)C(=O)[C@@]2(O)C(O)=C3C(=O)c4c(O)ccc(-c5cccc(C(=O)NCCN)c5)c4C[C@H]3C[C@@H]12. The largest absolute Gasteiger partial charge is 0.510 e. The monoisotopic (exact) mass is 576 g/mol. The molecule has 0 heterocycles. The molecule has 12 heteroatoms. The second kappa shape index (κ2) is 10.4. The van der Waals surface area contributed by atoms with Gasteiger partial charge in [-0.2, -0.15) is 0 Å². The van der Waals surface area contributed by atoms with Crippen molar-refractivity contribution in [2.24, 2.45) is 23.3 Å². The molecule has 0 fully saturated rings. The average Bonchev–Trinajstić information content (AvgIpc) is 2.93. The van der Waals surface area contributed by atoms with Gasteiger partial charge in [-0.25, -0.2) is 0 Å². The van der Waals surface area contributed by atoms with Crippen molar-refractivity contribution >= 4 is 23.4 Å². The van der Waals surface area contributed by atoms with Crippen LogP contribution in [-0.2, 0) is 16.0 Å². The van der Waals surface area contributed by atoms with Crippen LogP contribution in [0.4, 0.5) is 0 Å². The van der Waals surface area contributed by atoms with Gasteiger partial charge in [-0.1, -0.05) is 18.2 Å². The van der Waals surface area contributed by atoms with Crippen LogP contribution in [0.15, 0.2) is 59.1 Å². The minimum absolute atomic E-state index is 0.0254. The van der Waals surface area contributed by atoms with Gasteiger partial charge in [0.2, 0.25) is 5.78 Å². The number of rotatable bonds is 6. The summed E-state index contributed by atoms with van der Waals surface area (Å²) in [5, 5.41) is 47.6. The summed E-state index contributed by atoms with van der Waals surface area (Å²) in [4.78, 5) is 53.6. The van der Waals surface area contributed by atoms with Gasteiger partial charge in [-0.05, 0) is 67.7 Å². The second-order valence-electron chi connectivity index (χ2n) is 11.1. The third-order valence-electron chi connectivity index (χ3n) is 8.47. The Bertz CT molecular complexity index is 1610. The highest BCUT2D eigenvalue weighted by Crippen LogP contribution is 2.53. The van der Waals surface area contributed by atoms with E-state index in [0.717, 1.165) is 0 Å². The molecule has 9 N–H and O–H groups in total. The van der Waals surface area contributed by atoms with Crippen LogP contribution in [0.3, 0.4) is 0 Å². The van der Waals surface area contributed by atoms with Gasteiger partial charge in [0.1, 0.15) is 22.8 Å². The van der Waals surface area contributed by atoms with Crippen molar-refractivity contribution in [1.29, 1.82) is 0 Å². The zero-order valence-electron chi connectivity index (χ0n) is 23.0. The maximum absolute atomic E-state index is 13.9. The Morgan fingerprint density at radius 1 is 1.12 bits per heavy atom. The molecule has 0 unspecified atom stereocenters. The number of nitrogens with one attached hydrogen (secondary N) is 1. The molecule has 3 aliphatic rings. The molecule has 5 rings (SSSR count). The van der Waals surface area contributed by atoms with Crippen LogP contribution in [-0.4, -0.2) is 87.5 Å². The van der Waals surface area contributed by atoms with E-state index in [1.807, 2.05) is 0 Å². The van der Waals surface area contributed by atoms with Gasteiger partial charge < -0.3 is 37.2 Å². The van der Waals surface area contributed by atoms with Crippen molar-refractivity contribution in [2.45, 2.75) is 24.5 Å². The number of carbonyl (C=O) groups is 4. The number of aliphatic hydroxyl groups is 3. The molecule has 12 nitrogen and oxygen atoms in total. The van der Waals surface area contributed by atoms with E-state index < -0.39 is 58.0 Å². The summed E-state index contributed by atoms with van der Waals surface area (Å²) in [7, 11) is 3.14. The summed E-state index contributed by atoms with van der Waals surface area (Å²) in [6.45, 7) is 0.568. The number of Topliss-reactive ketones (excluding diaryl/α,β-unsaturated/α-hetero) is 2. The molecular formula is C30H32N4O8. The molecule has 2 aromatic rings. The van der Waals surface area contributed by atoms with Crippen molar-refractivity contribution in [2.75, 3.05) is 27.2 Å². The van der Waals surface area contributed by atoms with Crippen molar-refractivity contribution in [3.63, 3.8) is 0 Å². The molecule has 3 aliphatic carbocycles. The summed E-state index contributed by atoms with van der Waals surface area (Å²) < 4.78 is 0. The summed E-state index contributed by atoms with van der Waals surface area (Å²) in [6, 6.07) is 8.61. The van der Waals surface area contributed by atoms with Crippen LogP contribution in [0.1, 0.15) is 32.7 Å². The first-order valence-electron chi connectivity index (χ1n) is 13.4. The van der Waals surface area contributed by atoms with Gasteiger partial charge in [-0.15, -0.1) is 0 Å². The Kier molecular flexibility index (Phi) is 7.17. The number of ketones is 2. The fourth-order valence-corrected chi connectivity index (χ4v) is 6.64. The number of benzene rings is 2. The van der Waals surface area contributed by atoms with Crippen LogP contribution in [0.2, 0.25) is 0 Å². The summed E-state index contributed by atoms with van der Waals surface area (Å²) in [5.74, 6) is -7.44. The molecule has 0 saturated heterocycles. The second-order valence-corrected chi connectivity index (χ2v) is 11.1. The Morgan fingerprint density at radius 3 is 2.48 bits per heavy atom. The van der Waals surface area contributed by atoms with Gasteiger partial charge in [0.25, 0.3) is 11.8 Å². The number of nitrogens with two attached hydrogens (primary N) is 2. The predicted molar refractivity (Wildman–Crippen MR) is 150 cm³/mol. The molecule has 0 aliphatic heterocycles. The molecule has 2 aromatic carbocycles. The zero-order valence-corrected chi connectivity index (χ0v) is 23.0. The van der Waals surface area contributed by atoms with E-state index in [2.05, 4.69) is 5.32 Å². The topological polar surface area (TPSA) is 217 Å². The molecule has 0 radical (unpaired) electrons. The number of aliphatic hydroxyl groups excluding tert-OH is 2. The molecule has 42 heavy (non-hydrogen) atoms. The molecule has 4 atom stereocenters. The minimum atomic E-state index is -2.71. The van der Waals surface area contributed by atoms with Gasteiger partial charge in [0.05, 0.1) is 11.6 Å². The van der Waals surface area contributed by atoms with Crippen LogP contribution >= 0.6 is 0 Å². The summed E-state index contributed by atoms with van der Waals surface area (Å²) >= 11 is 0. The third kappa shape index (κ3) is 4.18. The fraction of sp³-hybridized carbons (Fsp3) is 0.333. The van der Waals surface area contributed by atoms with E-state index in [4.69, 9.17) is 11.5 Å². The van der Waals surface area contributed by atoms with Crippen molar-refractivity contribution in [1.82, 2.24) is 10.2 Å². The molecule has 0 saturated carbocycles. The third-order valence-corrected chi connectivity index (χ3v) is 8.47. The summed E-state index contributed by atoms with van der Waals surface area (Å²) in [6.07, 6.45) is 0.101.